The first kappa shape index (κ1) is 20.2. The normalized spacial score (nSPS) is 18.5. The summed E-state index contributed by atoms with van der Waals surface area (Å²) in [4.78, 5) is 19.3. The van der Waals surface area contributed by atoms with Crippen LogP contribution in [0.15, 0.2) is 0 Å². The van der Waals surface area contributed by atoms with Crippen LogP contribution >= 0.6 is 7.60 Å². The zero-order chi connectivity index (χ0) is 16.3. The van der Waals surface area contributed by atoms with Crippen LogP contribution in [0.2, 0.25) is 0 Å². The summed E-state index contributed by atoms with van der Waals surface area (Å²) in [5, 5.41) is 0. The molecule has 0 spiro atoms. The molecule has 22 heavy (non-hydrogen) atoms. The molecule has 0 saturated heterocycles. The van der Waals surface area contributed by atoms with E-state index in [-0.39, 0.29) is 11.6 Å². The maximum atomic E-state index is 11.8. The molecule has 1 atom stereocenters. The molecule has 1 unspecified atom stereocenters. The molecule has 2 N–H and O–H groups in total. The van der Waals surface area contributed by atoms with E-state index in [4.69, 9.17) is 0 Å². The van der Waals surface area contributed by atoms with E-state index in [0.717, 1.165) is 44.9 Å². The van der Waals surface area contributed by atoms with Gasteiger partial charge in [0.2, 0.25) is 0 Å². The molecule has 1 saturated carbocycles. The lowest BCUT2D eigenvalue weighted by Crippen LogP contribution is -2.23. The van der Waals surface area contributed by atoms with E-state index in [1.807, 2.05) is 0 Å². The van der Waals surface area contributed by atoms with E-state index < -0.39 is 7.60 Å². The zero-order valence-electron chi connectivity index (χ0n) is 14.5. The fraction of sp³-hybridized carbons (Fsp3) is 1.00. The number of rotatable bonds is 12. The number of unbranched alkanes of at least 4 members (excludes halogenated alkanes) is 8. The minimum Gasteiger partial charge on any atom is -0.324 e. The molecule has 0 heterocycles. The predicted octanol–water partition coefficient (Wildman–Crippen LogP) is 6.03. The van der Waals surface area contributed by atoms with Gasteiger partial charge in [0, 0.05) is 0 Å². The minimum atomic E-state index is -3.92. The molecule has 4 heteroatoms. The Kier molecular flexibility index (Phi) is 10.7. The Hall–Kier alpha value is 0.150. The van der Waals surface area contributed by atoms with Crippen LogP contribution in [0.4, 0.5) is 0 Å². The molecule has 0 aliphatic heterocycles. The standard InChI is InChI=1S/C18H37O3P/c1-2-3-4-5-6-7-8-9-13-16-18(22(19,20)21)17-14-11-10-12-15-17/h17-18H,2-16H2,1H3,(H2,19,20,21). The van der Waals surface area contributed by atoms with Crippen LogP contribution in [-0.2, 0) is 4.57 Å². The van der Waals surface area contributed by atoms with Crippen molar-refractivity contribution in [3.63, 3.8) is 0 Å². The summed E-state index contributed by atoms with van der Waals surface area (Å²) in [5.41, 5.74) is -0.364. The Morgan fingerprint density at radius 2 is 1.36 bits per heavy atom. The molecule has 1 aliphatic carbocycles. The van der Waals surface area contributed by atoms with E-state index in [2.05, 4.69) is 6.92 Å². The van der Waals surface area contributed by atoms with Crippen molar-refractivity contribution in [3.8, 4) is 0 Å². The number of hydrogen-bond acceptors (Lipinski definition) is 1. The van der Waals surface area contributed by atoms with Crippen molar-refractivity contribution in [1.82, 2.24) is 0 Å². The van der Waals surface area contributed by atoms with Crippen LogP contribution in [0.5, 0.6) is 0 Å². The molecule has 132 valence electrons. The van der Waals surface area contributed by atoms with Crippen LogP contribution in [0.1, 0.15) is 103 Å². The highest BCUT2D eigenvalue weighted by molar-refractivity contribution is 7.52. The first-order chi connectivity index (χ1) is 10.6. The van der Waals surface area contributed by atoms with Gasteiger partial charge >= 0.3 is 7.60 Å². The summed E-state index contributed by atoms with van der Waals surface area (Å²) in [6.45, 7) is 2.24. The lowest BCUT2D eigenvalue weighted by molar-refractivity contribution is 0.280. The molecule has 0 bridgehead atoms. The molecular formula is C18H37O3P. The Morgan fingerprint density at radius 1 is 0.864 bits per heavy atom. The van der Waals surface area contributed by atoms with Crippen molar-refractivity contribution >= 4 is 7.60 Å². The van der Waals surface area contributed by atoms with Gasteiger partial charge in [0.05, 0.1) is 5.66 Å². The van der Waals surface area contributed by atoms with Gasteiger partial charge in [-0.3, -0.25) is 4.57 Å². The summed E-state index contributed by atoms with van der Waals surface area (Å²) in [7, 11) is -3.92. The average Bonchev–Trinajstić information content (AvgIpc) is 2.49. The van der Waals surface area contributed by atoms with Crippen molar-refractivity contribution < 1.29 is 14.4 Å². The third-order valence-electron chi connectivity index (χ3n) is 5.23. The zero-order valence-corrected chi connectivity index (χ0v) is 15.4. The molecular weight excluding hydrogens is 295 g/mol. The lowest BCUT2D eigenvalue weighted by Gasteiger charge is -2.30. The van der Waals surface area contributed by atoms with Crippen molar-refractivity contribution in [1.29, 1.82) is 0 Å². The van der Waals surface area contributed by atoms with Crippen molar-refractivity contribution in [3.05, 3.63) is 0 Å². The topological polar surface area (TPSA) is 57.5 Å². The molecule has 1 aliphatic rings. The lowest BCUT2D eigenvalue weighted by atomic mass is 9.85. The summed E-state index contributed by atoms with van der Waals surface area (Å²) >= 11 is 0. The van der Waals surface area contributed by atoms with Crippen molar-refractivity contribution in [2.45, 2.75) is 109 Å². The van der Waals surface area contributed by atoms with Gasteiger partial charge in [-0.1, -0.05) is 84.0 Å². The Bertz CT molecular complexity index is 307. The molecule has 0 aromatic carbocycles. The Balaban J connectivity index is 2.14. The maximum Gasteiger partial charge on any atom is 0.328 e. The van der Waals surface area contributed by atoms with Gasteiger partial charge in [-0.2, -0.15) is 0 Å². The van der Waals surface area contributed by atoms with Crippen LogP contribution in [0, 0.1) is 5.92 Å². The fourth-order valence-corrected chi connectivity index (χ4v) is 5.23. The SMILES string of the molecule is CCCCCCCCCCCC(C1CCCCC1)P(=O)(O)O. The first-order valence-corrected chi connectivity index (χ1v) is 11.3. The molecule has 0 radical (unpaired) electrons. The van der Waals surface area contributed by atoms with E-state index in [1.54, 1.807) is 0 Å². The minimum absolute atomic E-state index is 0.267. The predicted molar refractivity (Wildman–Crippen MR) is 94.3 cm³/mol. The van der Waals surface area contributed by atoms with Gasteiger partial charge in [0.1, 0.15) is 0 Å². The first-order valence-electron chi connectivity index (χ1n) is 9.61. The Labute approximate surface area is 137 Å². The van der Waals surface area contributed by atoms with Crippen LogP contribution in [0.25, 0.3) is 0 Å². The largest absolute Gasteiger partial charge is 0.328 e. The van der Waals surface area contributed by atoms with E-state index in [1.165, 1.54) is 51.4 Å². The summed E-state index contributed by atoms with van der Waals surface area (Å²) in [6.07, 6.45) is 17.6. The van der Waals surface area contributed by atoms with Gasteiger partial charge in [-0.15, -0.1) is 0 Å². The van der Waals surface area contributed by atoms with Crippen molar-refractivity contribution in [2.75, 3.05) is 0 Å². The maximum absolute atomic E-state index is 11.8. The van der Waals surface area contributed by atoms with Gasteiger partial charge in [0.25, 0.3) is 0 Å². The van der Waals surface area contributed by atoms with Crippen LogP contribution in [-0.4, -0.2) is 15.4 Å². The number of hydrogen-bond donors (Lipinski definition) is 2. The summed E-state index contributed by atoms with van der Waals surface area (Å²) in [5.74, 6) is 0.267. The fourth-order valence-electron chi connectivity index (χ4n) is 3.86. The second-order valence-electron chi connectivity index (χ2n) is 7.17. The van der Waals surface area contributed by atoms with Crippen molar-refractivity contribution in [2.24, 2.45) is 5.92 Å². The second-order valence-corrected chi connectivity index (χ2v) is 9.01. The second kappa shape index (κ2) is 11.6. The molecule has 0 aromatic heterocycles. The highest BCUT2D eigenvalue weighted by atomic mass is 31.2. The smallest absolute Gasteiger partial charge is 0.324 e. The highest BCUT2D eigenvalue weighted by Gasteiger charge is 2.35. The van der Waals surface area contributed by atoms with E-state index >= 15 is 0 Å². The molecule has 3 nitrogen and oxygen atoms in total. The third-order valence-corrected chi connectivity index (χ3v) is 6.77. The monoisotopic (exact) mass is 332 g/mol. The van der Waals surface area contributed by atoms with Gasteiger partial charge in [0.15, 0.2) is 0 Å². The summed E-state index contributed by atoms with van der Waals surface area (Å²) in [6, 6.07) is 0. The molecule has 1 fully saturated rings. The highest BCUT2D eigenvalue weighted by Crippen LogP contribution is 2.50. The van der Waals surface area contributed by atoms with E-state index in [9.17, 15) is 14.4 Å². The Morgan fingerprint density at radius 3 is 1.86 bits per heavy atom. The van der Waals surface area contributed by atoms with Crippen LogP contribution < -0.4 is 0 Å². The van der Waals surface area contributed by atoms with Gasteiger partial charge in [-0.25, -0.2) is 0 Å². The molecule has 0 amide bonds. The quantitative estimate of drug-likeness (QED) is 0.338. The average molecular weight is 332 g/mol. The van der Waals surface area contributed by atoms with Crippen LogP contribution in [0.3, 0.4) is 0 Å². The molecule has 0 aromatic rings. The van der Waals surface area contributed by atoms with Gasteiger partial charge in [-0.05, 0) is 25.2 Å². The van der Waals surface area contributed by atoms with Gasteiger partial charge < -0.3 is 9.79 Å². The summed E-state index contributed by atoms with van der Waals surface area (Å²) < 4.78 is 11.8. The van der Waals surface area contributed by atoms with E-state index in [0.29, 0.717) is 0 Å². The third kappa shape index (κ3) is 8.70. The molecule has 1 rings (SSSR count).